The molecule has 0 bridgehead atoms. The number of aryl methyl sites for hydroxylation is 1. The first-order chi connectivity index (χ1) is 13.5. The van der Waals surface area contributed by atoms with Gasteiger partial charge in [-0.05, 0) is 24.1 Å². The van der Waals surface area contributed by atoms with Crippen LogP contribution in [-0.4, -0.2) is 50.0 Å². The summed E-state index contributed by atoms with van der Waals surface area (Å²) in [5.74, 6) is -0.649. The minimum Gasteiger partial charge on any atom is -0.497 e. The van der Waals surface area contributed by atoms with Crippen molar-refractivity contribution in [3.05, 3.63) is 60.2 Å². The summed E-state index contributed by atoms with van der Waals surface area (Å²) in [6.45, 7) is -0.547. The third-order valence-electron chi connectivity index (χ3n) is 3.98. The standard InChI is InChI=1S/C21H24N2O5/c1-23(14-19(24)22-17-9-6-10-18(13-17)27-2)20(25)15-28-21(26)12-11-16-7-4-3-5-8-16/h3-10,13H,11-12,14-15H2,1-2H3,(H,22,24). The fourth-order valence-electron chi connectivity index (χ4n) is 2.42. The van der Waals surface area contributed by atoms with E-state index < -0.39 is 18.5 Å². The lowest BCUT2D eigenvalue weighted by molar-refractivity contribution is -0.151. The van der Waals surface area contributed by atoms with Crippen LogP contribution in [-0.2, 0) is 25.5 Å². The number of benzene rings is 2. The molecule has 7 nitrogen and oxygen atoms in total. The summed E-state index contributed by atoms with van der Waals surface area (Å²) < 4.78 is 10.1. The highest BCUT2D eigenvalue weighted by atomic mass is 16.5. The van der Waals surface area contributed by atoms with E-state index in [0.717, 1.165) is 5.56 Å². The number of ether oxygens (including phenoxy) is 2. The van der Waals surface area contributed by atoms with Crippen molar-refractivity contribution in [1.29, 1.82) is 0 Å². The molecule has 0 unspecified atom stereocenters. The maximum atomic E-state index is 12.1. The van der Waals surface area contributed by atoms with Crippen molar-refractivity contribution < 1.29 is 23.9 Å². The number of hydrogen-bond acceptors (Lipinski definition) is 5. The monoisotopic (exact) mass is 384 g/mol. The lowest BCUT2D eigenvalue weighted by Gasteiger charge is -2.17. The molecule has 7 heteroatoms. The molecule has 0 saturated heterocycles. The molecule has 2 aromatic carbocycles. The fraction of sp³-hybridized carbons (Fsp3) is 0.286. The van der Waals surface area contributed by atoms with E-state index >= 15 is 0 Å². The molecule has 0 aliphatic heterocycles. The van der Waals surface area contributed by atoms with Crippen LogP contribution in [0.4, 0.5) is 5.69 Å². The normalized spacial score (nSPS) is 10.1. The highest BCUT2D eigenvalue weighted by molar-refractivity contribution is 5.94. The molecule has 0 saturated carbocycles. The molecule has 28 heavy (non-hydrogen) atoms. The van der Waals surface area contributed by atoms with Gasteiger partial charge in [-0.25, -0.2) is 0 Å². The lowest BCUT2D eigenvalue weighted by atomic mass is 10.1. The molecule has 0 fully saturated rings. The number of nitrogens with zero attached hydrogens (tertiary/aromatic N) is 1. The molecular formula is C21H24N2O5. The number of amides is 2. The van der Waals surface area contributed by atoms with Gasteiger partial charge in [-0.3, -0.25) is 14.4 Å². The minimum absolute atomic E-state index is 0.155. The van der Waals surface area contributed by atoms with Gasteiger partial charge in [0.2, 0.25) is 5.91 Å². The summed E-state index contributed by atoms with van der Waals surface area (Å²) in [5.41, 5.74) is 1.59. The Labute approximate surface area is 164 Å². The quantitative estimate of drug-likeness (QED) is 0.671. The molecule has 2 rings (SSSR count). The minimum atomic E-state index is -0.452. The Morgan fingerprint density at radius 1 is 1.04 bits per heavy atom. The van der Waals surface area contributed by atoms with Crippen LogP contribution in [0.1, 0.15) is 12.0 Å². The van der Waals surface area contributed by atoms with Crippen LogP contribution in [0.3, 0.4) is 0 Å². The summed E-state index contributed by atoms with van der Waals surface area (Å²) in [7, 11) is 3.01. The average Bonchev–Trinajstić information content (AvgIpc) is 2.71. The van der Waals surface area contributed by atoms with Gasteiger partial charge >= 0.3 is 5.97 Å². The van der Waals surface area contributed by atoms with Gasteiger partial charge in [0.25, 0.3) is 5.91 Å². The van der Waals surface area contributed by atoms with Crippen LogP contribution in [0.5, 0.6) is 5.75 Å². The first-order valence-corrected chi connectivity index (χ1v) is 8.85. The Morgan fingerprint density at radius 2 is 1.79 bits per heavy atom. The van der Waals surface area contributed by atoms with E-state index in [1.165, 1.54) is 19.1 Å². The van der Waals surface area contributed by atoms with Crippen molar-refractivity contribution in [1.82, 2.24) is 4.90 Å². The second kappa shape index (κ2) is 10.7. The molecule has 1 N–H and O–H groups in total. The molecular weight excluding hydrogens is 360 g/mol. The van der Waals surface area contributed by atoms with E-state index in [2.05, 4.69) is 5.32 Å². The fourth-order valence-corrected chi connectivity index (χ4v) is 2.42. The zero-order valence-corrected chi connectivity index (χ0v) is 16.0. The summed E-state index contributed by atoms with van der Waals surface area (Å²) in [6, 6.07) is 16.5. The second-order valence-electron chi connectivity index (χ2n) is 6.18. The largest absolute Gasteiger partial charge is 0.497 e. The Morgan fingerprint density at radius 3 is 2.50 bits per heavy atom. The van der Waals surface area contributed by atoms with Crippen LogP contribution in [0.2, 0.25) is 0 Å². The number of likely N-dealkylation sites (N-methyl/N-ethyl adjacent to an activating group) is 1. The third-order valence-corrected chi connectivity index (χ3v) is 3.98. The van der Waals surface area contributed by atoms with Gasteiger partial charge in [0, 0.05) is 25.2 Å². The Balaban J connectivity index is 1.71. The molecule has 0 aliphatic rings. The summed E-state index contributed by atoms with van der Waals surface area (Å²) in [4.78, 5) is 37.1. The van der Waals surface area contributed by atoms with E-state index in [1.807, 2.05) is 30.3 Å². The molecule has 0 heterocycles. The van der Waals surface area contributed by atoms with Crippen molar-refractivity contribution in [2.24, 2.45) is 0 Å². The molecule has 148 valence electrons. The van der Waals surface area contributed by atoms with Crippen LogP contribution >= 0.6 is 0 Å². The van der Waals surface area contributed by atoms with E-state index in [-0.39, 0.29) is 18.9 Å². The number of rotatable bonds is 9. The van der Waals surface area contributed by atoms with E-state index in [1.54, 1.807) is 24.3 Å². The van der Waals surface area contributed by atoms with Crippen molar-refractivity contribution in [3.8, 4) is 5.75 Å². The second-order valence-corrected chi connectivity index (χ2v) is 6.18. The number of methoxy groups -OCH3 is 1. The van der Waals surface area contributed by atoms with Gasteiger partial charge in [-0.2, -0.15) is 0 Å². The highest BCUT2D eigenvalue weighted by Gasteiger charge is 2.15. The average molecular weight is 384 g/mol. The zero-order valence-electron chi connectivity index (χ0n) is 16.0. The third kappa shape index (κ3) is 7.11. The summed E-state index contributed by atoms with van der Waals surface area (Å²) in [5, 5.41) is 2.69. The van der Waals surface area contributed by atoms with Crippen LogP contribution < -0.4 is 10.1 Å². The van der Waals surface area contributed by atoms with Gasteiger partial charge in [0.15, 0.2) is 6.61 Å². The predicted octanol–water partition coefficient (Wildman–Crippen LogP) is 2.27. The number of carbonyl (C=O) groups is 3. The van der Waals surface area contributed by atoms with Gasteiger partial charge in [0.05, 0.1) is 13.7 Å². The SMILES string of the molecule is COc1cccc(NC(=O)CN(C)C(=O)COC(=O)CCc2ccccc2)c1. The number of esters is 1. The van der Waals surface area contributed by atoms with Crippen LogP contribution in [0, 0.1) is 0 Å². The highest BCUT2D eigenvalue weighted by Crippen LogP contribution is 2.16. The zero-order chi connectivity index (χ0) is 20.4. The predicted molar refractivity (Wildman–Crippen MR) is 105 cm³/mol. The Kier molecular flexibility index (Phi) is 8.02. The van der Waals surface area contributed by atoms with Gasteiger partial charge in [-0.1, -0.05) is 36.4 Å². The number of carbonyl (C=O) groups excluding carboxylic acids is 3. The molecule has 0 aromatic heterocycles. The molecule has 2 aromatic rings. The molecule has 2 amide bonds. The van der Waals surface area contributed by atoms with Crippen molar-refractivity contribution in [2.75, 3.05) is 32.6 Å². The van der Waals surface area contributed by atoms with Gasteiger partial charge in [0.1, 0.15) is 5.75 Å². The van der Waals surface area contributed by atoms with Crippen molar-refractivity contribution >= 4 is 23.5 Å². The van der Waals surface area contributed by atoms with Crippen LogP contribution in [0.15, 0.2) is 54.6 Å². The first kappa shape index (κ1) is 21.0. The lowest BCUT2D eigenvalue weighted by Crippen LogP contribution is -2.37. The first-order valence-electron chi connectivity index (χ1n) is 8.85. The van der Waals surface area contributed by atoms with Gasteiger partial charge in [-0.15, -0.1) is 0 Å². The van der Waals surface area contributed by atoms with E-state index in [9.17, 15) is 14.4 Å². The molecule has 0 aliphatic carbocycles. The number of nitrogens with one attached hydrogen (secondary N) is 1. The van der Waals surface area contributed by atoms with Crippen molar-refractivity contribution in [3.63, 3.8) is 0 Å². The van der Waals surface area contributed by atoms with E-state index in [0.29, 0.717) is 17.9 Å². The Bertz CT molecular complexity index is 807. The smallest absolute Gasteiger partial charge is 0.306 e. The number of anilines is 1. The summed E-state index contributed by atoms with van der Waals surface area (Å²) in [6.07, 6.45) is 0.740. The number of hydrogen-bond donors (Lipinski definition) is 1. The molecule has 0 radical (unpaired) electrons. The molecule has 0 atom stereocenters. The molecule has 0 spiro atoms. The summed E-state index contributed by atoms with van der Waals surface area (Å²) >= 11 is 0. The maximum absolute atomic E-state index is 12.1. The maximum Gasteiger partial charge on any atom is 0.306 e. The van der Waals surface area contributed by atoms with Crippen molar-refractivity contribution in [2.45, 2.75) is 12.8 Å². The van der Waals surface area contributed by atoms with Crippen LogP contribution in [0.25, 0.3) is 0 Å². The Hall–Kier alpha value is -3.35. The topological polar surface area (TPSA) is 84.9 Å². The van der Waals surface area contributed by atoms with E-state index in [4.69, 9.17) is 9.47 Å². The van der Waals surface area contributed by atoms with Gasteiger partial charge < -0.3 is 19.7 Å².